The fourth-order valence-corrected chi connectivity index (χ4v) is 6.59. The standard InChI is InChI=1S/C42H33N5O3/c1-30(31-14-6-2-7-15-31)44-40(48)23-22-33-28-37-39(29-38(33)47(49)50)46(45-41(37)32-24-26-43-27-25-32)42(34-16-8-3-9-17-34,35-18-10-4-11-19-35)36-20-12-5-13-21-36/h2-30H,1H3,(H,44,48)/b23-22+/t30-/m1/s1. The number of hydrogen-bond acceptors (Lipinski definition) is 5. The summed E-state index contributed by atoms with van der Waals surface area (Å²) in [4.78, 5) is 29.6. The Labute approximate surface area is 289 Å². The topological polar surface area (TPSA) is 103 Å². The highest BCUT2D eigenvalue weighted by atomic mass is 16.6. The van der Waals surface area contributed by atoms with Crippen LogP contribution in [0.25, 0.3) is 28.2 Å². The Morgan fingerprint density at radius 1 is 0.780 bits per heavy atom. The summed E-state index contributed by atoms with van der Waals surface area (Å²) in [6.07, 6.45) is 6.23. The quantitative estimate of drug-likeness (QED) is 0.0687. The van der Waals surface area contributed by atoms with Crippen LogP contribution in [0.1, 0.15) is 40.8 Å². The van der Waals surface area contributed by atoms with Crippen LogP contribution in [0.4, 0.5) is 5.69 Å². The van der Waals surface area contributed by atoms with E-state index in [1.54, 1.807) is 24.5 Å². The number of nitro benzene ring substituents is 1. The highest BCUT2D eigenvalue weighted by molar-refractivity contribution is 5.99. The third-order valence-electron chi connectivity index (χ3n) is 8.94. The monoisotopic (exact) mass is 655 g/mol. The van der Waals surface area contributed by atoms with E-state index in [1.165, 1.54) is 12.2 Å². The molecule has 8 heteroatoms. The van der Waals surface area contributed by atoms with Gasteiger partial charge in [0.15, 0.2) is 0 Å². The zero-order valence-corrected chi connectivity index (χ0v) is 27.3. The van der Waals surface area contributed by atoms with E-state index in [9.17, 15) is 14.9 Å². The Morgan fingerprint density at radius 2 is 1.30 bits per heavy atom. The maximum Gasteiger partial charge on any atom is 0.278 e. The molecule has 5 aromatic carbocycles. The number of rotatable bonds is 10. The lowest BCUT2D eigenvalue weighted by molar-refractivity contribution is -0.385. The molecular formula is C42H33N5O3. The number of nitro groups is 1. The van der Waals surface area contributed by atoms with Gasteiger partial charge in [0.1, 0.15) is 11.2 Å². The predicted octanol–water partition coefficient (Wildman–Crippen LogP) is 8.74. The van der Waals surface area contributed by atoms with Crippen molar-refractivity contribution in [2.24, 2.45) is 0 Å². The van der Waals surface area contributed by atoms with Gasteiger partial charge in [0.05, 0.1) is 22.0 Å². The number of fused-ring (bicyclic) bond motifs is 1. The highest BCUT2D eigenvalue weighted by Crippen LogP contribution is 2.45. The van der Waals surface area contributed by atoms with Gasteiger partial charge in [0.25, 0.3) is 5.69 Å². The van der Waals surface area contributed by atoms with Crippen molar-refractivity contribution in [1.29, 1.82) is 0 Å². The number of amides is 1. The zero-order chi connectivity index (χ0) is 34.5. The van der Waals surface area contributed by atoms with Crippen LogP contribution < -0.4 is 5.32 Å². The number of nitrogens with zero attached hydrogens (tertiary/aromatic N) is 4. The summed E-state index contributed by atoms with van der Waals surface area (Å²) in [5.41, 5.74) is 4.83. The van der Waals surface area contributed by atoms with Crippen LogP contribution >= 0.6 is 0 Å². The second-order valence-corrected chi connectivity index (χ2v) is 12.0. The van der Waals surface area contributed by atoms with E-state index in [0.717, 1.165) is 27.8 Å². The van der Waals surface area contributed by atoms with Gasteiger partial charge in [0, 0.05) is 35.5 Å². The van der Waals surface area contributed by atoms with E-state index < -0.39 is 10.5 Å². The molecule has 0 saturated carbocycles. The average Bonchev–Trinajstić information content (AvgIpc) is 3.54. The smallest absolute Gasteiger partial charge is 0.278 e. The van der Waals surface area contributed by atoms with Crippen LogP contribution in [0, 0.1) is 10.1 Å². The minimum absolute atomic E-state index is 0.150. The molecule has 50 heavy (non-hydrogen) atoms. The van der Waals surface area contributed by atoms with Crippen molar-refractivity contribution < 1.29 is 9.72 Å². The number of nitrogens with one attached hydrogen (secondary N) is 1. The van der Waals surface area contributed by atoms with E-state index in [1.807, 2.05) is 109 Å². The Bertz CT molecular complexity index is 2190. The summed E-state index contributed by atoms with van der Waals surface area (Å²) in [6.45, 7) is 1.89. The molecule has 0 unspecified atom stereocenters. The van der Waals surface area contributed by atoms with Crippen LogP contribution in [-0.2, 0) is 10.3 Å². The lowest BCUT2D eigenvalue weighted by Crippen LogP contribution is -2.38. The van der Waals surface area contributed by atoms with E-state index in [2.05, 4.69) is 46.7 Å². The Balaban J connectivity index is 1.48. The minimum atomic E-state index is -1.02. The van der Waals surface area contributed by atoms with Gasteiger partial charge in [-0.1, -0.05) is 121 Å². The molecule has 0 spiro atoms. The molecular weight excluding hydrogens is 622 g/mol. The molecule has 1 N–H and O–H groups in total. The third kappa shape index (κ3) is 5.95. The summed E-state index contributed by atoms with van der Waals surface area (Å²) < 4.78 is 1.91. The van der Waals surface area contributed by atoms with Gasteiger partial charge >= 0.3 is 0 Å². The van der Waals surface area contributed by atoms with Crippen molar-refractivity contribution in [2.75, 3.05) is 0 Å². The zero-order valence-electron chi connectivity index (χ0n) is 27.3. The van der Waals surface area contributed by atoms with E-state index >= 15 is 0 Å². The number of pyridine rings is 1. The van der Waals surface area contributed by atoms with Crippen molar-refractivity contribution in [3.63, 3.8) is 0 Å². The van der Waals surface area contributed by atoms with Gasteiger partial charge in [-0.05, 0) is 53.5 Å². The van der Waals surface area contributed by atoms with Crippen LogP contribution in [-0.4, -0.2) is 25.6 Å². The molecule has 0 saturated heterocycles. The molecule has 0 aliphatic carbocycles. The number of benzene rings is 5. The molecule has 0 radical (unpaired) electrons. The molecule has 0 fully saturated rings. The second-order valence-electron chi connectivity index (χ2n) is 12.0. The first kappa shape index (κ1) is 31.9. The van der Waals surface area contributed by atoms with Crippen LogP contribution in [0.5, 0.6) is 0 Å². The second kappa shape index (κ2) is 13.8. The molecule has 244 valence electrons. The van der Waals surface area contributed by atoms with E-state index in [-0.39, 0.29) is 23.2 Å². The molecule has 1 amide bonds. The van der Waals surface area contributed by atoms with E-state index in [4.69, 9.17) is 5.10 Å². The first-order valence-electron chi connectivity index (χ1n) is 16.3. The van der Waals surface area contributed by atoms with Crippen molar-refractivity contribution in [1.82, 2.24) is 20.1 Å². The molecule has 0 bridgehead atoms. The minimum Gasteiger partial charge on any atom is -0.346 e. The van der Waals surface area contributed by atoms with Crippen molar-refractivity contribution in [3.8, 4) is 11.3 Å². The summed E-state index contributed by atoms with van der Waals surface area (Å²) >= 11 is 0. The number of carbonyl (C=O) groups is 1. The van der Waals surface area contributed by atoms with Gasteiger partial charge < -0.3 is 5.32 Å². The molecule has 1 atom stereocenters. The lowest BCUT2D eigenvalue weighted by atomic mass is 9.77. The number of hydrogen-bond donors (Lipinski definition) is 1. The number of carbonyl (C=O) groups excluding carboxylic acids is 1. The van der Waals surface area contributed by atoms with Crippen molar-refractivity contribution >= 4 is 28.6 Å². The van der Waals surface area contributed by atoms with Gasteiger partial charge in [-0.3, -0.25) is 19.9 Å². The summed E-state index contributed by atoms with van der Waals surface area (Å²) in [7, 11) is 0. The summed E-state index contributed by atoms with van der Waals surface area (Å²) in [6, 6.07) is 46.6. The van der Waals surface area contributed by atoms with Crippen LogP contribution in [0.15, 0.2) is 164 Å². The SMILES string of the molecule is C[C@@H](NC(=O)/C=C/c1cc2c(-c3ccncc3)nn(C(c3ccccc3)(c3ccccc3)c3ccccc3)c2cc1[N+](=O)[O-])c1ccccc1. The molecule has 7 aromatic rings. The van der Waals surface area contributed by atoms with Crippen LogP contribution in [0.3, 0.4) is 0 Å². The van der Waals surface area contributed by atoms with Gasteiger partial charge in [-0.15, -0.1) is 0 Å². The molecule has 0 aliphatic heterocycles. The predicted molar refractivity (Wildman–Crippen MR) is 196 cm³/mol. The van der Waals surface area contributed by atoms with Gasteiger partial charge in [0.2, 0.25) is 5.91 Å². The third-order valence-corrected chi connectivity index (χ3v) is 8.94. The molecule has 2 aromatic heterocycles. The largest absolute Gasteiger partial charge is 0.346 e. The highest BCUT2D eigenvalue weighted by Gasteiger charge is 2.41. The maximum absolute atomic E-state index is 13.0. The first-order valence-corrected chi connectivity index (χ1v) is 16.3. The van der Waals surface area contributed by atoms with Gasteiger partial charge in [-0.2, -0.15) is 5.10 Å². The molecule has 7 rings (SSSR count). The normalized spacial score (nSPS) is 12.2. The number of aromatic nitrogens is 3. The van der Waals surface area contributed by atoms with Crippen LogP contribution in [0.2, 0.25) is 0 Å². The van der Waals surface area contributed by atoms with Crippen molar-refractivity contribution in [2.45, 2.75) is 18.5 Å². The fraction of sp³-hybridized carbons (Fsp3) is 0.0714. The van der Waals surface area contributed by atoms with E-state index in [0.29, 0.717) is 16.6 Å². The summed E-state index contributed by atoms with van der Waals surface area (Å²) in [5, 5.41) is 21.7. The molecule has 0 aliphatic rings. The van der Waals surface area contributed by atoms with Crippen molar-refractivity contribution in [3.05, 3.63) is 202 Å². The molecule has 2 heterocycles. The Kier molecular flexibility index (Phi) is 8.82. The first-order chi connectivity index (χ1) is 24.5. The Morgan fingerprint density at radius 3 is 1.82 bits per heavy atom. The summed E-state index contributed by atoms with van der Waals surface area (Å²) in [5.74, 6) is -0.364. The maximum atomic E-state index is 13.0. The lowest BCUT2D eigenvalue weighted by Gasteiger charge is -2.37. The van der Waals surface area contributed by atoms with Gasteiger partial charge in [-0.25, -0.2) is 4.68 Å². The average molecular weight is 656 g/mol. The fourth-order valence-electron chi connectivity index (χ4n) is 6.59. The molecule has 8 nitrogen and oxygen atoms in total. The Hall–Kier alpha value is -6.67.